The molecule has 2 N–H and O–H groups in total. The molecule has 18 heavy (non-hydrogen) atoms. The van der Waals surface area contributed by atoms with Gasteiger partial charge < -0.3 is 19.8 Å². The zero-order valence-electron chi connectivity index (χ0n) is 10.7. The van der Waals surface area contributed by atoms with E-state index in [9.17, 15) is 9.59 Å². The Morgan fingerprint density at radius 3 is 2.72 bits per heavy atom. The Kier molecular flexibility index (Phi) is 5.38. The van der Waals surface area contributed by atoms with Crippen molar-refractivity contribution in [1.82, 2.24) is 10.6 Å². The van der Waals surface area contributed by atoms with E-state index in [-0.39, 0.29) is 18.5 Å². The maximum atomic E-state index is 11.4. The van der Waals surface area contributed by atoms with E-state index in [0.29, 0.717) is 0 Å². The molecule has 0 radical (unpaired) electrons. The van der Waals surface area contributed by atoms with Crippen LogP contribution in [0.1, 0.15) is 25.6 Å². The molecular formula is C12H18N2O4. The number of carbonyl (C=O) groups is 2. The molecule has 0 spiro atoms. The molecule has 0 aliphatic carbocycles. The van der Waals surface area contributed by atoms with Gasteiger partial charge in [0, 0.05) is 13.5 Å². The standard InChI is InChI=1S/C12H18N2O4/c1-8(11-5-4-6-18-11)13-7-10(12(16)17-3)14-9(2)15/h4-6,8,10,13H,7H2,1-3H3,(H,14,15). The molecule has 6 heteroatoms. The second-order valence-corrected chi connectivity index (χ2v) is 3.92. The SMILES string of the molecule is COC(=O)C(CNC(C)c1ccco1)NC(C)=O. The lowest BCUT2D eigenvalue weighted by Crippen LogP contribution is -2.47. The first-order valence-electron chi connectivity index (χ1n) is 5.66. The molecule has 0 aliphatic heterocycles. The molecule has 0 bridgehead atoms. The van der Waals surface area contributed by atoms with Gasteiger partial charge in [0.2, 0.25) is 5.91 Å². The van der Waals surface area contributed by atoms with Crippen molar-refractivity contribution in [2.45, 2.75) is 25.9 Å². The molecule has 6 nitrogen and oxygen atoms in total. The topological polar surface area (TPSA) is 80.6 Å². The molecule has 2 atom stereocenters. The number of nitrogens with one attached hydrogen (secondary N) is 2. The molecule has 0 aliphatic rings. The monoisotopic (exact) mass is 254 g/mol. The minimum Gasteiger partial charge on any atom is -0.468 e. The second-order valence-electron chi connectivity index (χ2n) is 3.92. The smallest absolute Gasteiger partial charge is 0.329 e. The average molecular weight is 254 g/mol. The van der Waals surface area contributed by atoms with Gasteiger partial charge >= 0.3 is 5.97 Å². The molecule has 1 aromatic heterocycles. The van der Waals surface area contributed by atoms with E-state index in [1.165, 1.54) is 14.0 Å². The van der Waals surface area contributed by atoms with Gasteiger partial charge in [0.25, 0.3) is 0 Å². The van der Waals surface area contributed by atoms with Crippen molar-refractivity contribution >= 4 is 11.9 Å². The number of rotatable bonds is 6. The van der Waals surface area contributed by atoms with E-state index in [1.807, 2.05) is 13.0 Å². The third kappa shape index (κ3) is 4.21. The fourth-order valence-electron chi connectivity index (χ4n) is 1.51. The summed E-state index contributed by atoms with van der Waals surface area (Å²) in [5.74, 6) is 0.00337. The van der Waals surface area contributed by atoms with Crippen molar-refractivity contribution in [1.29, 1.82) is 0 Å². The largest absolute Gasteiger partial charge is 0.468 e. The minimum atomic E-state index is -0.704. The minimum absolute atomic E-state index is 0.0547. The van der Waals surface area contributed by atoms with Crippen LogP contribution in [0.5, 0.6) is 0 Å². The Morgan fingerprint density at radius 2 is 2.22 bits per heavy atom. The lowest BCUT2D eigenvalue weighted by molar-refractivity contribution is -0.144. The molecular weight excluding hydrogens is 236 g/mol. The van der Waals surface area contributed by atoms with E-state index in [1.54, 1.807) is 12.3 Å². The van der Waals surface area contributed by atoms with E-state index < -0.39 is 12.0 Å². The molecule has 1 amide bonds. The van der Waals surface area contributed by atoms with Crippen LogP contribution < -0.4 is 10.6 Å². The highest BCUT2D eigenvalue weighted by Crippen LogP contribution is 2.11. The van der Waals surface area contributed by atoms with Crippen LogP contribution in [0.15, 0.2) is 22.8 Å². The van der Waals surface area contributed by atoms with Gasteiger partial charge in [0.1, 0.15) is 11.8 Å². The molecule has 1 aromatic rings. The first-order chi connectivity index (χ1) is 8.54. The van der Waals surface area contributed by atoms with Crippen molar-refractivity contribution in [3.8, 4) is 0 Å². The number of methoxy groups -OCH3 is 1. The molecule has 0 saturated carbocycles. The maximum absolute atomic E-state index is 11.4. The van der Waals surface area contributed by atoms with Crippen LogP contribution in [0.25, 0.3) is 0 Å². The highest BCUT2D eigenvalue weighted by molar-refractivity contribution is 5.83. The Bertz CT molecular complexity index is 389. The van der Waals surface area contributed by atoms with Gasteiger partial charge in [-0.05, 0) is 19.1 Å². The van der Waals surface area contributed by atoms with Gasteiger partial charge in [0.05, 0.1) is 19.4 Å². The summed E-state index contributed by atoms with van der Waals surface area (Å²) in [5.41, 5.74) is 0. The predicted octanol–water partition coefficient (Wildman–Crippen LogP) is 0.608. The fourth-order valence-corrected chi connectivity index (χ4v) is 1.51. The zero-order chi connectivity index (χ0) is 13.5. The summed E-state index contributed by atoms with van der Waals surface area (Å²) in [7, 11) is 1.28. The summed E-state index contributed by atoms with van der Waals surface area (Å²) in [6, 6.07) is 2.87. The van der Waals surface area contributed by atoms with Crippen molar-refractivity contribution in [2.75, 3.05) is 13.7 Å². The van der Waals surface area contributed by atoms with E-state index in [2.05, 4.69) is 15.4 Å². The Morgan fingerprint density at radius 1 is 1.50 bits per heavy atom. The van der Waals surface area contributed by atoms with E-state index >= 15 is 0 Å². The first-order valence-corrected chi connectivity index (χ1v) is 5.66. The summed E-state index contributed by atoms with van der Waals surface area (Å²) in [5, 5.41) is 5.62. The van der Waals surface area contributed by atoms with Crippen molar-refractivity contribution in [3.63, 3.8) is 0 Å². The number of hydrogen-bond donors (Lipinski definition) is 2. The number of ether oxygens (including phenoxy) is 1. The van der Waals surface area contributed by atoms with Crippen LogP contribution in [-0.4, -0.2) is 31.6 Å². The van der Waals surface area contributed by atoms with Gasteiger partial charge in [-0.2, -0.15) is 0 Å². The molecule has 0 fully saturated rings. The molecule has 0 saturated heterocycles. The molecule has 100 valence electrons. The third-order valence-corrected chi connectivity index (χ3v) is 2.46. The summed E-state index contributed by atoms with van der Waals surface area (Å²) < 4.78 is 9.85. The van der Waals surface area contributed by atoms with Crippen molar-refractivity contribution < 1.29 is 18.7 Å². The fraction of sp³-hybridized carbons (Fsp3) is 0.500. The first kappa shape index (κ1) is 14.2. The van der Waals surface area contributed by atoms with Gasteiger partial charge in [0.15, 0.2) is 0 Å². The third-order valence-electron chi connectivity index (χ3n) is 2.46. The highest BCUT2D eigenvalue weighted by atomic mass is 16.5. The maximum Gasteiger partial charge on any atom is 0.329 e. The molecule has 0 aromatic carbocycles. The summed E-state index contributed by atoms with van der Waals surface area (Å²) in [6.45, 7) is 3.53. The van der Waals surface area contributed by atoms with Gasteiger partial charge in [-0.25, -0.2) is 4.79 Å². The predicted molar refractivity (Wildman–Crippen MR) is 64.7 cm³/mol. The van der Waals surface area contributed by atoms with Gasteiger partial charge in [-0.1, -0.05) is 0 Å². The van der Waals surface area contributed by atoms with E-state index in [4.69, 9.17) is 4.42 Å². The van der Waals surface area contributed by atoms with Crippen LogP contribution >= 0.6 is 0 Å². The normalized spacial score (nSPS) is 13.7. The summed E-state index contributed by atoms with van der Waals surface area (Å²) >= 11 is 0. The lowest BCUT2D eigenvalue weighted by atomic mass is 10.2. The highest BCUT2D eigenvalue weighted by Gasteiger charge is 2.21. The Hall–Kier alpha value is -1.82. The molecule has 1 rings (SSSR count). The van der Waals surface area contributed by atoms with Crippen molar-refractivity contribution in [3.05, 3.63) is 24.2 Å². The molecule has 1 heterocycles. The van der Waals surface area contributed by atoms with Crippen LogP contribution in [0.3, 0.4) is 0 Å². The quantitative estimate of drug-likeness (QED) is 0.727. The van der Waals surface area contributed by atoms with Crippen LogP contribution in [0.4, 0.5) is 0 Å². The van der Waals surface area contributed by atoms with Crippen LogP contribution in [0, 0.1) is 0 Å². The van der Waals surface area contributed by atoms with Crippen LogP contribution in [-0.2, 0) is 14.3 Å². The number of esters is 1. The summed E-state index contributed by atoms with van der Waals surface area (Å²) in [4.78, 5) is 22.4. The van der Waals surface area contributed by atoms with E-state index in [0.717, 1.165) is 5.76 Å². The summed E-state index contributed by atoms with van der Waals surface area (Å²) in [6.07, 6.45) is 1.58. The number of hydrogen-bond acceptors (Lipinski definition) is 5. The number of carbonyl (C=O) groups excluding carboxylic acids is 2. The number of furan rings is 1. The second kappa shape index (κ2) is 6.80. The molecule has 2 unspecified atom stereocenters. The Balaban J connectivity index is 2.51. The van der Waals surface area contributed by atoms with Gasteiger partial charge in [-0.15, -0.1) is 0 Å². The average Bonchev–Trinajstić information content (AvgIpc) is 2.86. The Labute approximate surface area is 106 Å². The number of amides is 1. The zero-order valence-corrected chi connectivity index (χ0v) is 10.7. The van der Waals surface area contributed by atoms with Gasteiger partial charge in [-0.3, -0.25) is 4.79 Å². The van der Waals surface area contributed by atoms with Crippen molar-refractivity contribution in [2.24, 2.45) is 0 Å². The lowest BCUT2D eigenvalue weighted by Gasteiger charge is -2.18. The van der Waals surface area contributed by atoms with Crippen LogP contribution in [0.2, 0.25) is 0 Å².